The molecule has 0 saturated heterocycles. The van der Waals surface area contributed by atoms with Gasteiger partial charge in [-0.3, -0.25) is 9.79 Å². The number of fused-ring (bicyclic) bond motifs is 1. The lowest BCUT2D eigenvalue weighted by molar-refractivity contribution is -0.115. The summed E-state index contributed by atoms with van der Waals surface area (Å²) in [6, 6.07) is 8.05. The number of nitrogens with one attached hydrogen (secondary N) is 1. The summed E-state index contributed by atoms with van der Waals surface area (Å²) >= 11 is 3.38. The van der Waals surface area contributed by atoms with E-state index in [0.717, 1.165) is 35.2 Å². The maximum Gasteiger partial charge on any atom is 0.237 e. The quantitative estimate of drug-likeness (QED) is 0.859. The summed E-state index contributed by atoms with van der Waals surface area (Å²) < 4.78 is 1.07. The summed E-state index contributed by atoms with van der Waals surface area (Å²) in [5, 5.41) is 3.01. The Bertz CT molecular complexity index is 502. The summed E-state index contributed by atoms with van der Waals surface area (Å²) in [4.78, 5) is 16.6. The second kappa shape index (κ2) is 5.36. The number of carbonyl (C=O) groups is 1. The highest BCUT2D eigenvalue weighted by atomic mass is 32.2. The topological polar surface area (TPSA) is 41.5 Å². The molecule has 2 aliphatic heterocycles. The second-order valence-electron chi connectivity index (χ2n) is 4.29. The van der Waals surface area contributed by atoms with Crippen molar-refractivity contribution in [1.82, 2.24) is 0 Å². The molecule has 0 aliphatic carbocycles. The fraction of sp³-hybridized carbons (Fsp3) is 0.385. The van der Waals surface area contributed by atoms with Crippen LogP contribution >= 0.6 is 23.5 Å². The van der Waals surface area contributed by atoms with Gasteiger partial charge in [-0.1, -0.05) is 41.7 Å². The van der Waals surface area contributed by atoms with Gasteiger partial charge >= 0.3 is 0 Å². The molecule has 1 atom stereocenters. The largest absolute Gasteiger partial charge is 0.325 e. The number of hydrogen-bond acceptors (Lipinski definition) is 4. The van der Waals surface area contributed by atoms with Crippen molar-refractivity contribution >= 4 is 39.5 Å². The number of aryl methyl sites for hydroxylation is 1. The molecule has 1 aromatic carbocycles. The van der Waals surface area contributed by atoms with Crippen molar-refractivity contribution in [3.63, 3.8) is 0 Å². The molecular formula is C13H14N2OS2. The smallest absolute Gasteiger partial charge is 0.237 e. The van der Waals surface area contributed by atoms with Crippen molar-refractivity contribution in [2.75, 3.05) is 17.6 Å². The third kappa shape index (κ3) is 2.57. The van der Waals surface area contributed by atoms with Gasteiger partial charge in [0.25, 0.3) is 0 Å². The van der Waals surface area contributed by atoms with Gasteiger partial charge in [0.05, 0.1) is 11.8 Å². The van der Waals surface area contributed by atoms with Crippen LogP contribution in [0, 0.1) is 0 Å². The van der Waals surface area contributed by atoms with Crippen molar-refractivity contribution in [3.8, 4) is 0 Å². The Morgan fingerprint density at radius 2 is 2.28 bits per heavy atom. The van der Waals surface area contributed by atoms with Gasteiger partial charge in [-0.15, -0.1) is 0 Å². The van der Waals surface area contributed by atoms with Crippen LogP contribution in [0.25, 0.3) is 0 Å². The van der Waals surface area contributed by atoms with E-state index in [1.807, 2.05) is 18.2 Å². The Kier molecular flexibility index (Phi) is 3.61. The lowest BCUT2D eigenvalue weighted by atomic mass is 10.1. The highest BCUT2D eigenvalue weighted by Gasteiger charge is 2.26. The molecule has 1 aromatic rings. The predicted molar refractivity (Wildman–Crippen MR) is 79.5 cm³/mol. The average Bonchev–Trinajstić information content (AvgIpc) is 2.83. The van der Waals surface area contributed by atoms with Gasteiger partial charge in [0.15, 0.2) is 0 Å². The molecule has 0 saturated carbocycles. The number of amides is 1. The maximum absolute atomic E-state index is 12.2. The van der Waals surface area contributed by atoms with Gasteiger partial charge in [-0.05, 0) is 24.5 Å². The second-order valence-corrected chi connectivity index (χ2v) is 6.82. The van der Waals surface area contributed by atoms with Gasteiger partial charge in [0.1, 0.15) is 4.38 Å². The molecule has 0 bridgehead atoms. The molecule has 0 spiro atoms. The highest BCUT2D eigenvalue weighted by Crippen LogP contribution is 2.32. The van der Waals surface area contributed by atoms with Gasteiger partial charge in [0, 0.05) is 11.4 Å². The van der Waals surface area contributed by atoms with Crippen molar-refractivity contribution in [2.24, 2.45) is 4.99 Å². The molecule has 3 rings (SSSR count). The monoisotopic (exact) mass is 278 g/mol. The van der Waals surface area contributed by atoms with E-state index in [0.29, 0.717) is 0 Å². The van der Waals surface area contributed by atoms with Crippen molar-refractivity contribution < 1.29 is 4.79 Å². The molecule has 18 heavy (non-hydrogen) atoms. The third-order valence-electron chi connectivity index (χ3n) is 3.04. The number of carbonyl (C=O) groups excluding carboxylic acids is 1. The fourth-order valence-corrected chi connectivity index (χ4v) is 4.33. The number of hydrogen-bond donors (Lipinski definition) is 1. The Morgan fingerprint density at radius 1 is 1.39 bits per heavy atom. The van der Waals surface area contributed by atoms with E-state index in [1.54, 1.807) is 23.5 Å². The number of thioether (sulfide) groups is 2. The number of para-hydroxylation sites is 1. The van der Waals surface area contributed by atoms with E-state index in [1.165, 1.54) is 5.56 Å². The Morgan fingerprint density at radius 3 is 3.11 bits per heavy atom. The number of anilines is 1. The Labute approximate surface area is 115 Å². The van der Waals surface area contributed by atoms with Crippen LogP contribution in [-0.4, -0.2) is 27.8 Å². The van der Waals surface area contributed by atoms with Crippen LogP contribution in [0.3, 0.4) is 0 Å². The van der Waals surface area contributed by atoms with Crippen molar-refractivity contribution in [2.45, 2.75) is 18.1 Å². The van der Waals surface area contributed by atoms with E-state index in [4.69, 9.17) is 0 Å². The van der Waals surface area contributed by atoms with E-state index in [2.05, 4.69) is 16.4 Å². The van der Waals surface area contributed by atoms with Crippen LogP contribution in [0.2, 0.25) is 0 Å². The Hall–Kier alpha value is -0.940. The number of rotatable bonds is 1. The van der Waals surface area contributed by atoms with Crippen molar-refractivity contribution in [3.05, 3.63) is 29.8 Å². The number of benzene rings is 1. The summed E-state index contributed by atoms with van der Waals surface area (Å²) in [5.74, 6) is 1.16. The minimum Gasteiger partial charge on any atom is -0.325 e. The first kappa shape index (κ1) is 12.1. The van der Waals surface area contributed by atoms with E-state index >= 15 is 0 Å². The lowest BCUT2D eigenvalue weighted by Crippen LogP contribution is -2.24. The molecule has 2 heterocycles. The lowest BCUT2D eigenvalue weighted by Gasteiger charge is -2.11. The van der Waals surface area contributed by atoms with Gasteiger partial charge in [-0.25, -0.2) is 0 Å². The minimum atomic E-state index is -0.0123. The molecule has 0 fully saturated rings. The number of nitrogens with zero attached hydrogens (tertiary/aromatic N) is 1. The van der Waals surface area contributed by atoms with Crippen LogP contribution in [0.4, 0.5) is 5.69 Å². The van der Waals surface area contributed by atoms with Crippen molar-refractivity contribution in [1.29, 1.82) is 0 Å². The summed E-state index contributed by atoms with van der Waals surface area (Å²) in [6.07, 6.45) is 1.83. The van der Waals surface area contributed by atoms with Gasteiger partial charge < -0.3 is 5.32 Å². The van der Waals surface area contributed by atoms with Crippen LogP contribution < -0.4 is 5.32 Å². The highest BCUT2D eigenvalue weighted by molar-refractivity contribution is 8.39. The SMILES string of the molecule is O=C1Nc2ccccc2CC[C@@H]1SC1=NCCS1. The molecule has 3 nitrogen and oxygen atoms in total. The molecule has 0 radical (unpaired) electrons. The normalized spacial score (nSPS) is 23.0. The zero-order valence-corrected chi connectivity index (χ0v) is 11.5. The van der Waals surface area contributed by atoms with Gasteiger partial charge in [0.2, 0.25) is 5.91 Å². The molecule has 94 valence electrons. The molecule has 5 heteroatoms. The zero-order chi connectivity index (χ0) is 12.4. The van der Waals surface area contributed by atoms with E-state index in [-0.39, 0.29) is 11.2 Å². The van der Waals surface area contributed by atoms with Crippen LogP contribution in [0.15, 0.2) is 29.3 Å². The first-order valence-electron chi connectivity index (χ1n) is 6.05. The summed E-state index contributed by atoms with van der Waals surface area (Å²) in [5.41, 5.74) is 2.20. The standard InChI is InChI=1S/C13H14N2OS2/c16-12-11(18-13-14-7-8-17-13)6-5-9-3-1-2-4-10(9)15-12/h1-4,11H,5-8H2,(H,15,16)/t11-/m0/s1. The predicted octanol–water partition coefficient (Wildman–Crippen LogP) is 2.78. The average molecular weight is 278 g/mol. The molecule has 1 N–H and O–H groups in total. The van der Waals surface area contributed by atoms with Crippen LogP contribution in [-0.2, 0) is 11.2 Å². The Balaban J connectivity index is 1.74. The number of aliphatic imine (C=N–C) groups is 1. The van der Waals surface area contributed by atoms with E-state index < -0.39 is 0 Å². The first-order chi connectivity index (χ1) is 8.83. The fourth-order valence-electron chi connectivity index (χ4n) is 2.11. The van der Waals surface area contributed by atoms with E-state index in [9.17, 15) is 4.79 Å². The maximum atomic E-state index is 12.2. The third-order valence-corrected chi connectivity index (χ3v) is 5.51. The molecule has 2 aliphatic rings. The minimum absolute atomic E-state index is 0.0123. The van der Waals surface area contributed by atoms with Crippen LogP contribution in [0.1, 0.15) is 12.0 Å². The van der Waals surface area contributed by atoms with Crippen LogP contribution in [0.5, 0.6) is 0 Å². The molecule has 0 aromatic heterocycles. The molecular weight excluding hydrogens is 264 g/mol. The van der Waals surface area contributed by atoms with Gasteiger partial charge in [-0.2, -0.15) is 0 Å². The molecule has 0 unspecified atom stereocenters. The zero-order valence-electron chi connectivity index (χ0n) is 9.89. The first-order valence-corrected chi connectivity index (χ1v) is 7.92. The molecule has 1 amide bonds. The summed E-state index contributed by atoms with van der Waals surface area (Å²) in [6.45, 7) is 0.890. The summed E-state index contributed by atoms with van der Waals surface area (Å²) in [7, 11) is 0.